The Morgan fingerprint density at radius 2 is 1.74 bits per heavy atom. The van der Waals surface area contributed by atoms with E-state index in [0.29, 0.717) is 21.8 Å². The van der Waals surface area contributed by atoms with Gasteiger partial charge >= 0.3 is 0 Å². The summed E-state index contributed by atoms with van der Waals surface area (Å²) in [6.45, 7) is 1.46. The minimum absolute atomic E-state index is 0.219. The summed E-state index contributed by atoms with van der Waals surface area (Å²) in [5.74, 6) is 1.32. The van der Waals surface area contributed by atoms with Crippen LogP contribution < -0.4 is 0 Å². The van der Waals surface area contributed by atoms with E-state index in [-0.39, 0.29) is 5.91 Å². The standard InChI is InChI=1S/C25H20ClN5O2S/c1-17(32)31-24(19-11-8-12-20(26)15-19)33-22(29-31)16-34-25-28-27-23(18-9-4-2-5-10-18)30(25)21-13-6-3-7-14-21/h2-15,24H,16H2,1H3/t24-/m1/s1. The number of carbonyl (C=O) groups excluding carboxylic acids is 1. The molecule has 1 aliphatic rings. The number of thioether (sulfide) groups is 1. The molecule has 0 saturated heterocycles. The van der Waals surface area contributed by atoms with Crippen molar-refractivity contribution in [1.82, 2.24) is 19.8 Å². The van der Waals surface area contributed by atoms with Gasteiger partial charge in [-0.2, -0.15) is 5.01 Å². The molecule has 0 aliphatic carbocycles. The van der Waals surface area contributed by atoms with Gasteiger partial charge in [0.05, 0.1) is 5.75 Å². The zero-order valence-electron chi connectivity index (χ0n) is 18.2. The summed E-state index contributed by atoms with van der Waals surface area (Å²) < 4.78 is 8.06. The monoisotopic (exact) mass is 489 g/mol. The highest BCUT2D eigenvalue weighted by atomic mass is 35.5. The van der Waals surface area contributed by atoms with Crippen molar-refractivity contribution in [2.24, 2.45) is 5.10 Å². The van der Waals surface area contributed by atoms with Gasteiger partial charge in [0.2, 0.25) is 18.0 Å². The number of benzene rings is 3. The molecule has 34 heavy (non-hydrogen) atoms. The normalized spacial score (nSPS) is 15.2. The first kappa shape index (κ1) is 22.2. The second kappa shape index (κ2) is 9.70. The molecule has 0 unspecified atom stereocenters. The molecule has 1 amide bonds. The molecule has 0 bridgehead atoms. The number of aromatic nitrogens is 3. The maximum Gasteiger partial charge on any atom is 0.243 e. The van der Waals surface area contributed by atoms with Crippen molar-refractivity contribution in [3.05, 3.63) is 95.5 Å². The molecule has 0 spiro atoms. The number of hydrogen-bond acceptors (Lipinski definition) is 6. The van der Waals surface area contributed by atoms with E-state index in [9.17, 15) is 4.79 Å². The zero-order valence-corrected chi connectivity index (χ0v) is 19.8. The van der Waals surface area contributed by atoms with Crippen LogP contribution in [0.15, 0.2) is 95.2 Å². The summed E-state index contributed by atoms with van der Waals surface area (Å²) in [5, 5.41) is 15.9. The Kier molecular flexibility index (Phi) is 6.33. The Morgan fingerprint density at radius 1 is 1.00 bits per heavy atom. The average Bonchev–Trinajstić information content (AvgIpc) is 3.49. The van der Waals surface area contributed by atoms with Crippen LogP contribution in [0.2, 0.25) is 5.02 Å². The maximum absolute atomic E-state index is 12.2. The molecule has 170 valence electrons. The maximum atomic E-state index is 12.2. The molecule has 3 aromatic carbocycles. The van der Waals surface area contributed by atoms with Crippen LogP contribution in [-0.4, -0.2) is 37.3 Å². The van der Waals surface area contributed by atoms with Crippen LogP contribution in [0.1, 0.15) is 18.7 Å². The van der Waals surface area contributed by atoms with Gasteiger partial charge < -0.3 is 4.74 Å². The number of carbonyl (C=O) groups is 1. The summed E-state index contributed by atoms with van der Waals surface area (Å²) in [6, 6.07) is 27.1. The van der Waals surface area contributed by atoms with Crippen LogP contribution in [0.3, 0.4) is 0 Å². The van der Waals surface area contributed by atoms with Gasteiger partial charge in [-0.05, 0) is 24.3 Å². The van der Waals surface area contributed by atoms with Crippen LogP contribution in [0.25, 0.3) is 17.1 Å². The quantitative estimate of drug-likeness (QED) is 0.331. The predicted octanol–water partition coefficient (Wildman–Crippen LogP) is 5.57. The minimum atomic E-state index is -0.654. The Bertz CT molecular complexity index is 1340. The van der Waals surface area contributed by atoms with Crippen LogP contribution in [0, 0.1) is 0 Å². The van der Waals surface area contributed by atoms with E-state index in [1.807, 2.05) is 77.4 Å². The number of para-hydroxylation sites is 1. The number of ether oxygens (including phenoxy) is 1. The molecule has 0 N–H and O–H groups in total. The van der Waals surface area contributed by atoms with Crippen LogP contribution in [-0.2, 0) is 9.53 Å². The molecule has 1 aromatic heterocycles. The third-order valence-electron chi connectivity index (χ3n) is 5.15. The van der Waals surface area contributed by atoms with Gasteiger partial charge in [-0.1, -0.05) is 84.0 Å². The first-order valence-electron chi connectivity index (χ1n) is 10.6. The van der Waals surface area contributed by atoms with Crippen molar-refractivity contribution in [3.63, 3.8) is 0 Å². The molecular formula is C25H20ClN5O2S. The van der Waals surface area contributed by atoms with Gasteiger partial charge in [0.15, 0.2) is 11.0 Å². The summed E-state index contributed by atoms with van der Waals surface area (Å²) in [6.07, 6.45) is -0.654. The molecule has 1 atom stereocenters. The fraction of sp³-hybridized carbons (Fsp3) is 0.120. The second-order valence-electron chi connectivity index (χ2n) is 7.51. The highest BCUT2D eigenvalue weighted by Gasteiger charge is 2.32. The number of hydrazone groups is 1. The van der Waals surface area contributed by atoms with Gasteiger partial charge in [0.25, 0.3) is 0 Å². The number of rotatable bonds is 6. The molecule has 0 saturated carbocycles. The van der Waals surface area contributed by atoms with Crippen molar-refractivity contribution in [3.8, 4) is 17.1 Å². The van der Waals surface area contributed by atoms with E-state index in [1.54, 1.807) is 12.1 Å². The topological polar surface area (TPSA) is 72.6 Å². The Morgan fingerprint density at radius 3 is 2.44 bits per heavy atom. The second-order valence-corrected chi connectivity index (χ2v) is 8.89. The molecule has 7 nitrogen and oxygen atoms in total. The van der Waals surface area contributed by atoms with Crippen molar-refractivity contribution in [2.45, 2.75) is 18.3 Å². The van der Waals surface area contributed by atoms with E-state index in [2.05, 4.69) is 15.3 Å². The van der Waals surface area contributed by atoms with Crippen LogP contribution in [0.4, 0.5) is 0 Å². The van der Waals surface area contributed by atoms with Crippen LogP contribution >= 0.6 is 23.4 Å². The predicted molar refractivity (Wildman–Crippen MR) is 133 cm³/mol. The number of amides is 1. The van der Waals surface area contributed by atoms with Gasteiger partial charge in [-0.3, -0.25) is 9.36 Å². The van der Waals surface area contributed by atoms with E-state index in [0.717, 1.165) is 22.6 Å². The molecule has 0 radical (unpaired) electrons. The smallest absolute Gasteiger partial charge is 0.243 e. The summed E-state index contributed by atoms with van der Waals surface area (Å²) >= 11 is 7.58. The average molecular weight is 490 g/mol. The minimum Gasteiger partial charge on any atom is -0.449 e. The fourth-order valence-corrected chi connectivity index (χ4v) is 4.61. The summed E-state index contributed by atoms with van der Waals surface area (Å²) in [4.78, 5) is 12.2. The van der Waals surface area contributed by atoms with Crippen molar-refractivity contribution in [1.29, 1.82) is 0 Å². The van der Waals surface area contributed by atoms with Crippen molar-refractivity contribution >= 4 is 35.2 Å². The van der Waals surface area contributed by atoms with Gasteiger partial charge in [-0.25, -0.2) is 0 Å². The molecule has 4 aromatic rings. The van der Waals surface area contributed by atoms with E-state index in [4.69, 9.17) is 16.3 Å². The molecule has 9 heteroatoms. The van der Waals surface area contributed by atoms with Gasteiger partial charge in [-0.15, -0.1) is 15.3 Å². The fourth-order valence-electron chi connectivity index (χ4n) is 3.62. The van der Waals surface area contributed by atoms with E-state index in [1.165, 1.54) is 23.7 Å². The molecular weight excluding hydrogens is 470 g/mol. The lowest BCUT2D eigenvalue weighted by atomic mass is 10.2. The molecule has 2 heterocycles. The SMILES string of the molecule is CC(=O)N1N=C(CSc2nnc(-c3ccccc3)n2-c2ccccc2)O[C@@H]1c1cccc(Cl)c1. The van der Waals surface area contributed by atoms with Gasteiger partial charge in [0.1, 0.15) is 0 Å². The highest BCUT2D eigenvalue weighted by Crippen LogP contribution is 2.33. The van der Waals surface area contributed by atoms with E-state index < -0.39 is 6.23 Å². The first-order chi connectivity index (χ1) is 16.6. The number of hydrogen-bond donors (Lipinski definition) is 0. The molecule has 5 rings (SSSR count). The van der Waals surface area contributed by atoms with Crippen LogP contribution in [0.5, 0.6) is 0 Å². The third-order valence-corrected chi connectivity index (χ3v) is 6.30. The lowest BCUT2D eigenvalue weighted by Crippen LogP contribution is -2.25. The Hall–Kier alpha value is -3.62. The third kappa shape index (κ3) is 4.55. The zero-order chi connectivity index (χ0) is 23.5. The largest absolute Gasteiger partial charge is 0.449 e. The number of nitrogens with zero attached hydrogens (tertiary/aromatic N) is 5. The first-order valence-corrected chi connectivity index (χ1v) is 11.9. The summed E-state index contributed by atoms with van der Waals surface area (Å²) in [7, 11) is 0. The number of halogens is 1. The lowest BCUT2D eigenvalue weighted by molar-refractivity contribution is -0.135. The Labute approximate surface area is 206 Å². The van der Waals surface area contributed by atoms with Crippen molar-refractivity contribution in [2.75, 3.05) is 5.75 Å². The van der Waals surface area contributed by atoms with Gasteiger partial charge in [0, 0.05) is 28.8 Å². The van der Waals surface area contributed by atoms with E-state index >= 15 is 0 Å². The Balaban J connectivity index is 1.42. The molecule has 1 aliphatic heterocycles. The highest BCUT2D eigenvalue weighted by molar-refractivity contribution is 7.99. The lowest BCUT2D eigenvalue weighted by Gasteiger charge is -2.19. The summed E-state index contributed by atoms with van der Waals surface area (Å²) in [5.41, 5.74) is 2.67. The molecule has 0 fully saturated rings. The van der Waals surface area contributed by atoms with Crippen molar-refractivity contribution < 1.29 is 9.53 Å².